The third kappa shape index (κ3) is 3.91. The number of carbonyl (C=O) groups excluding carboxylic acids is 1. The molecule has 0 bridgehead atoms. The SMILES string of the molecule is CN(Cc1ccc(F)cc1F)C(=O)Cn1c(C(F)(F)F)nc2ccccc21. The van der Waals surface area contributed by atoms with Crippen LogP contribution in [-0.2, 0) is 24.1 Å². The number of fused-ring (bicyclic) bond motifs is 1. The monoisotopic (exact) mass is 383 g/mol. The van der Waals surface area contributed by atoms with Crippen LogP contribution < -0.4 is 0 Å². The van der Waals surface area contributed by atoms with Crippen molar-refractivity contribution in [3.8, 4) is 0 Å². The average molecular weight is 383 g/mol. The molecule has 1 heterocycles. The Kier molecular flexibility index (Phi) is 4.86. The van der Waals surface area contributed by atoms with E-state index in [-0.39, 0.29) is 23.1 Å². The average Bonchev–Trinajstić information content (AvgIpc) is 2.96. The van der Waals surface area contributed by atoms with Crippen molar-refractivity contribution in [3.63, 3.8) is 0 Å². The molecule has 0 unspecified atom stereocenters. The Morgan fingerprint density at radius 1 is 1.15 bits per heavy atom. The van der Waals surface area contributed by atoms with E-state index in [1.165, 1.54) is 25.2 Å². The number of alkyl halides is 3. The van der Waals surface area contributed by atoms with Crippen LogP contribution in [0.3, 0.4) is 0 Å². The number of imidazole rings is 1. The molecular weight excluding hydrogens is 369 g/mol. The fourth-order valence-corrected chi connectivity index (χ4v) is 2.70. The number of rotatable bonds is 4. The molecule has 0 aliphatic carbocycles. The standard InChI is InChI=1S/C18H14F5N3O/c1-25(9-11-6-7-12(19)8-13(11)20)16(27)10-26-15-5-3-2-4-14(15)24-17(26)18(21,22)23/h2-8H,9-10H2,1H3. The Bertz CT molecular complexity index is 996. The molecule has 142 valence electrons. The molecule has 27 heavy (non-hydrogen) atoms. The zero-order chi connectivity index (χ0) is 19.8. The van der Waals surface area contributed by atoms with Crippen LogP contribution in [0.25, 0.3) is 11.0 Å². The second-order valence-corrected chi connectivity index (χ2v) is 5.99. The molecule has 0 saturated heterocycles. The minimum atomic E-state index is -4.74. The van der Waals surface area contributed by atoms with Crippen molar-refractivity contribution in [3.05, 3.63) is 65.5 Å². The van der Waals surface area contributed by atoms with Gasteiger partial charge in [0, 0.05) is 25.2 Å². The number of benzene rings is 2. The summed E-state index contributed by atoms with van der Waals surface area (Å²) >= 11 is 0. The third-order valence-corrected chi connectivity index (χ3v) is 4.05. The van der Waals surface area contributed by atoms with Gasteiger partial charge in [-0.3, -0.25) is 4.79 Å². The van der Waals surface area contributed by atoms with Gasteiger partial charge in [-0.15, -0.1) is 0 Å². The van der Waals surface area contributed by atoms with Gasteiger partial charge in [0.15, 0.2) is 0 Å². The molecule has 1 aromatic heterocycles. The normalized spacial score (nSPS) is 11.8. The summed E-state index contributed by atoms with van der Waals surface area (Å²) in [5.74, 6) is -3.45. The largest absolute Gasteiger partial charge is 0.449 e. The van der Waals surface area contributed by atoms with Crippen LogP contribution in [0.1, 0.15) is 11.4 Å². The Hall–Kier alpha value is -2.97. The lowest BCUT2D eigenvalue weighted by Crippen LogP contribution is -2.31. The number of hydrogen-bond acceptors (Lipinski definition) is 2. The second kappa shape index (κ2) is 6.98. The van der Waals surface area contributed by atoms with Gasteiger partial charge in [-0.05, 0) is 18.2 Å². The van der Waals surface area contributed by atoms with Crippen molar-refractivity contribution in [2.24, 2.45) is 0 Å². The molecule has 0 N–H and O–H groups in total. The van der Waals surface area contributed by atoms with Crippen LogP contribution in [0.15, 0.2) is 42.5 Å². The van der Waals surface area contributed by atoms with Gasteiger partial charge >= 0.3 is 6.18 Å². The Balaban J connectivity index is 1.87. The van der Waals surface area contributed by atoms with Gasteiger partial charge in [0.1, 0.15) is 18.2 Å². The number of nitrogens with zero attached hydrogens (tertiary/aromatic N) is 3. The first-order valence-corrected chi connectivity index (χ1v) is 7.87. The van der Waals surface area contributed by atoms with Crippen molar-refractivity contribution in [1.29, 1.82) is 0 Å². The fraction of sp³-hybridized carbons (Fsp3) is 0.222. The maximum absolute atomic E-state index is 13.7. The number of carbonyl (C=O) groups is 1. The molecule has 3 rings (SSSR count). The van der Waals surface area contributed by atoms with Gasteiger partial charge in [0.05, 0.1) is 11.0 Å². The van der Waals surface area contributed by atoms with Crippen molar-refractivity contribution in [1.82, 2.24) is 14.5 Å². The highest BCUT2D eigenvalue weighted by Crippen LogP contribution is 2.31. The van der Waals surface area contributed by atoms with Gasteiger partial charge in [0.2, 0.25) is 11.7 Å². The van der Waals surface area contributed by atoms with E-state index in [1.807, 2.05) is 0 Å². The minimum absolute atomic E-state index is 0.0544. The van der Waals surface area contributed by atoms with Crippen molar-refractivity contribution < 1.29 is 26.7 Å². The number of halogens is 5. The molecule has 0 atom stereocenters. The summed E-state index contributed by atoms with van der Waals surface area (Å²) in [4.78, 5) is 17.1. The van der Waals surface area contributed by atoms with E-state index >= 15 is 0 Å². The maximum Gasteiger partial charge on any atom is 0.449 e. The predicted molar refractivity (Wildman–Crippen MR) is 87.6 cm³/mol. The first kappa shape index (κ1) is 18.8. The lowest BCUT2D eigenvalue weighted by atomic mass is 10.2. The van der Waals surface area contributed by atoms with Crippen LogP contribution in [0.4, 0.5) is 22.0 Å². The quantitative estimate of drug-likeness (QED) is 0.639. The minimum Gasteiger partial charge on any atom is -0.340 e. The van der Waals surface area contributed by atoms with Crippen LogP contribution in [-0.4, -0.2) is 27.4 Å². The summed E-state index contributed by atoms with van der Waals surface area (Å²) in [5.41, 5.74) is 0.336. The molecule has 0 aliphatic rings. The lowest BCUT2D eigenvalue weighted by Gasteiger charge is -2.19. The van der Waals surface area contributed by atoms with E-state index in [0.717, 1.165) is 15.5 Å². The molecule has 2 aromatic carbocycles. The Morgan fingerprint density at radius 2 is 1.85 bits per heavy atom. The van der Waals surface area contributed by atoms with Crippen molar-refractivity contribution in [2.75, 3.05) is 7.05 Å². The molecular formula is C18H14F5N3O. The highest BCUT2D eigenvalue weighted by Gasteiger charge is 2.38. The van der Waals surface area contributed by atoms with Gasteiger partial charge in [-0.2, -0.15) is 13.2 Å². The highest BCUT2D eigenvalue weighted by molar-refractivity contribution is 5.81. The van der Waals surface area contributed by atoms with Gasteiger partial charge in [-0.25, -0.2) is 13.8 Å². The molecule has 9 heteroatoms. The summed E-state index contributed by atoms with van der Waals surface area (Å²) in [6, 6.07) is 8.85. The molecule has 0 fully saturated rings. The molecule has 0 spiro atoms. The molecule has 0 aliphatic heterocycles. The topological polar surface area (TPSA) is 38.1 Å². The summed E-state index contributed by atoms with van der Waals surface area (Å²) < 4.78 is 67.3. The predicted octanol–water partition coefficient (Wildman–Crippen LogP) is 3.99. The second-order valence-electron chi connectivity index (χ2n) is 5.99. The molecule has 1 amide bonds. The van der Waals surface area contributed by atoms with Gasteiger partial charge in [-0.1, -0.05) is 18.2 Å². The Morgan fingerprint density at radius 3 is 2.52 bits per heavy atom. The number of amides is 1. The summed E-state index contributed by atoms with van der Waals surface area (Å²) in [5, 5.41) is 0. The van der Waals surface area contributed by atoms with E-state index in [2.05, 4.69) is 4.98 Å². The van der Waals surface area contributed by atoms with Crippen LogP contribution in [0.5, 0.6) is 0 Å². The zero-order valence-electron chi connectivity index (χ0n) is 14.1. The molecule has 0 radical (unpaired) electrons. The third-order valence-electron chi connectivity index (χ3n) is 4.05. The first-order valence-electron chi connectivity index (χ1n) is 7.87. The first-order chi connectivity index (χ1) is 12.7. The Labute approximate surface area is 150 Å². The van der Waals surface area contributed by atoms with Crippen molar-refractivity contribution in [2.45, 2.75) is 19.3 Å². The maximum atomic E-state index is 13.7. The number of hydrogen-bond donors (Lipinski definition) is 0. The lowest BCUT2D eigenvalue weighted by molar-refractivity contribution is -0.148. The molecule has 3 aromatic rings. The number of likely N-dealkylation sites (N-methyl/N-ethyl adjacent to an activating group) is 1. The number of aromatic nitrogens is 2. The molecule has 0 saturated carbocycles. The van der Waals surface area contributed by atoms with Crippen molar-refractivity contribution >= 4 is 16.9 Å². The summed E-state index contributed by atoms with van der Waals surface area (Å²) in [6.07, 6.45) is -4.74. The van der Waals surface area contributed by atoms with E-state index in [4.69, 9.17) is 0 Å². The van der Waals surface area contributed by atoms with E-state index in [9.17, 15) is 26.7 Å². The fourth-order valence-electron chi connectivity index (χ4n) is 2.70. The number of para-hydroxylation sites is 2. The van der Waals surface area contributed by atoms with Crippen LogP contribution in [0.2, 0.25) is 0 Å². The van der Waals surface area contributed by atoms with Gasteiger partial charge in [0.25, 0.3) is 0 Å². The summed E-state index contributed by atoms with van der Waals surface area (Å²) in [6.45, 7) is -0.826. The molecule has 4 nitrogen and oxygen atoms in total. The van der Waals surface area contributed by atoms with E-state index < -0.39 is 36.1 Å². The summed E-state index contributed by atoms with van der Waals surface area (Å²) in [7, 11) is 1.33. The van der Waals surface area contributed by atoms with E-state index in [1.54, 1.807) is 12.1 Å². The van der Waals surface area contributed by atoms with Gasteiger partial charge < -0.3 is 9.47 Å². The highest BCUT2D eigenvalue weighted by atomic mass is 19.4. The van der Waals surface area contributed by atoms with E-state index in [0.29, 0.717) is 6.07 Å². The smallest absolute Gasteiger partial charge is 0.340 e. The van der Waals surface area contributed by atoms with Crippen LogP contribution in [0, 0.1) is 11.6 Å². The zero-order valence-corrected chi connectivity index (χ0v) is 14.1. The van der Waals surface area contributed by atoms with Crippen LogP contribution >= 0.6 is 0 Å².